The van der Waals surface area contributed by atoms with E-state index in [0.717, 1.165) is 37.2 Å². The molecule has 1 amide bonds. The molecule has 1 fully saturated rings. The number of carbonyl (C=O) groups is 1. The molecule has 0 N–H and O–H groups in total. The predicted octanol–water partition coefficient (Wildman–Crippen LogP) is 5.12. The van der Waals surface area contributed by atoms with E-state index in [9.17, 15) is 4.79 Å². The molecule has 4 nitrogen and oxygen atoms in total. The molecule has 31 heavy (non-hydrogen) atoms. The molecule has 2 aromatic rings. The molecule has 2 aromatic carbocycles. The number of methoxy groups -OCH3 is 1. The summed E-state index contributed by atoms with van der Waals surface area (Å²) in [5.74, 6) is 1.58. The zero-order valence-corrected chi connectivity index (χ0v) is 19.8. The van der Waals surface area contributed by atoms with Crippen LogP contribution in [0.15, 0.2) is 54.6 Å². The third kappa shape index (κ3) is 5.30. The van der Waals surface area contributed by atoms with Crippen LogP contribution in [0.25, 0.3) is 0 Å². The average molecular weight is 423 g/mol. The molecule has 3 rings (SSSR count). The quantitative estimate of drug-likeness (QED) is 0.592. The fourth-order valence-electron chi connectivity index (χ4n) is 5.14. The van der Waals surface area contributed by atoms with E-state index < -0.39 is 0 Å². The van der Waals surface area contributed by atoms with E-state index in [-0.39, 0.29) is 11.3 Å². The van der Waals surface area contributed by atoms with Gasteiger partial charge in [0.2, 0.25) is 5.91 Å². The van der Waals surface area contributed by atoms with E-state index in [1.807, 2.05) is 24.0 Å². The van der Waals surface area contributed by atoms with Gasteiger partial charge in [0.25, 0.3) is 0 Å². The topological polar surface area (TPSA) is 32.8 Å². The van der Waals surface area contributed by atoms with Crippen molar-refractivity contribution in [2.75, 3.05) is 27.2 Å². The number of rotatable bonds is 8. The SMILES string of the molecule is CCC(=O)N(CC[C@@]1(c2ccccc2)C[C@H](C)N(C)C[C@@H]1C)Cc1ccc(OC)cc1. The Balaban J connectivity index is 1.84. The summed E-state index contributed by atoms with van der Waals surface area (Å²) < 4.78 is 5.28. The Labute approximate surface area is 188 Å². The predicted molar refractivity (Wildman–Crippen MR) is 127 cm³/mol. The van der Waals surface area contributed by atoms with Gasteiger partial charge >= 0.3 is 0 Å². The molecular weight excluding hydrogens is 384 g/mol. The lowest BCUT2D eigenvalue weighted by Gasteiger charge is -2.50. The minimum absolute atomic E-state index is 0.0827. The Morgan fingerprint density at radius 2 is 1.81 bits per heavy atom. The highest BCUT2D eigenvalue weighted by Gasteiger charge is 2.43. The van der Waals surface area contributed by atoms with Gasteiger partial charge in [0.1, 0.15) is 5.75 Å². The molecule has 0 unspecified atom stereocenters. The van der Waals surface area contributed by atoms with Crippen LogP contribution in [-0.2, 0) is 16.8 Å². The maximum atomic E-state index is 12.8. The van der Waals surface area contributed by atoms with Crippen molar-refractivity contribution >= 4 is 5.91 Å². The minimum atomic E-state index is 0.0827. The maximum absolute atomic E-state index is 12.8. The van der Waals surface area contributed by atoms with Gasteiger partial charge in [0, 0.05) is 37.5 Å². The van der Waals surface area contributed by atoms with Gasteiger partial charge < -0.3 is 14.5 Å². The van der Waals surface area contributed by atoms with Gasteiger partial charge in [-0.2, -0.15) is 0 Å². The molecule has 1 heterocycles. The molecule has 1 saturated heterocycles. The van der Waals surface area contributed by atoms with Crippen LogP contribution in [0.2, 0.25) is 0 Å². The molecule has 0 saturated carbocycles. The highest BCUT2D eigenvalue weighted by molar-refractivity contribution is 5.75. The first-order valence-electron chi connectivity index (χ1n) is 11.6. The van der Waals surface area contributed by atoms with Crippen LogP contribution < -0.4 is 4.74 Å². The summed E-state index contributed by atoms with van der Waals surface area (Å²) in [5.41, 5.74) is 2.64. The monoisotopic (exact) mass is 422 g/mol. The summed E-state index contributed by atoms with van der Waals surface area (Å²) in [6.07, 6.45) is 2.63. The van der Waals surface area contributed by atoms with Crippen LogP contribution in [0.4, 0.5) is 0 Å². The first-order valence-corrected chi connectivity index (χ1v) is 11.6. The minimum Gasteiger partial charge on any atom is -0.497 e. The summed E-state index contributed by atoms with van der Waals surface area (Å²) in [4.78, 5) is 17.4. The van der Waals surface area contributed by atoms with Crippen molar-refractivity contribution < 1.29 is 9.53 Å². The molecule has 3 atom stereocenters. The molecule has 0 aromatic heterocycles. The van der Waals surface area contributed by atoms with Crippen LogP contribution >= 0.6 is 0 Å². The molecule has 1 aliphatic heterocycles. The Morgan fingerprint density at radius 1 is 1.13 bits per heavy atom. The van der Waals surface area contributed by atoms with E-state index in [1.54, 1.807) is 7.11 Å². The number of hydrogen-bond donors (Lipinski definition) is 0. The molecule has 0 radical (unpaired) electrons. The molecule has 0 bridgehead atoms. The molecular formula is C27H38N2O2. The van der Waals surface area contributed by atoms with Crippen LogP contribution in [-0.4, -0.2) is 49.0 Å². The van der Waals surface area contributed by atoms with Crippen molar-refractivity contribution in [3.05, 3.63) is 65.7 Å². The molecule has 168 valence electrons. The summed E-state index contributed by atoms with van der Waals surface area (Å²) in [6.45, 7) is 9.16. The van der Waals surface area contributed by atoms with Gasteiger partial charge in [-0.1, -0.05) is 56.3 Å². The smallest absolute Gasteiger partial charge is 0.222 e. The van der Waals surface area contributed by atoms with Crippen molar-refractivity contribution in [1.29, 1.82) is 0 Å². The normalized spacial score (nSPS) is 24.0. The summed E-state index contributed by atoms with van der Waals surface area (Å²) >= 11 is 0. The number of ether oxygens (including phenoxy) is 1. The Morgan fingerprint density at radius 3 is 2.42 bits per heavy atom. The van der Waals surface area contributed by atoms with Gasteiger partial charge in [-0.3, -0.25) is 4.79 Å². The molecule has 0 spiro atoms. The van der Waals surface area contributed by atoms with Gasteiger partial charge in [-0.25, -0.2) is 0 Å². The Hall–Kier alpha value is -2.33. The number of hydrogen-bond acceptors (Lipinski definition) is 3. The second kappa shape index (κ2) is 10.3. The largest absolute Gasteiger partial charge is 0.497 e. The Kier molecular flexibility index (Phi) is 7.77. The van der Waals surface area contributed by atoms with E-state index in [4.69, 9.17) is 4.74 Å². The van der Waals surface area contributed by atoms with Gasteiger partial charge in [0.15, 0.2) is 0 Å². The number of piperidine rings is 1. The summed E-state index contributed by atoms with van der Waals surface area (Å²) in [5, 5.41) is 0. The third-order valence-corrected chi connectivity index (χ3v) is 7.28. The van der Waals surface area contributed by atoms with Crippen molar-refractivity contribution in [2.45, 2.75) is 58.0 Å². The first kappa shape index (κ1) is 23.3. The second-order valence-corrected chi connectivity index (χ2v) is 9.18. The molecule has 4 heteroatoms. The average Bonchev–Trinajstić information content (AvgIpc) is 2.80. The summed E-state index contributed by atoms with van der Waals surface area (Å²) in [6, 6.07) is 19.5. The van der Waals surface area contributed by atoms with Crippen molar-refractivity contribution in [3.8, 4) is 5.75 Å². The number of benzene rings is 2. The van der Waals surface area contributed by atoms with Crippen LogP contribution in [0.5, 0.6) is 5.75 Å². The highest BCUT2D eigenvalue weighted by atomic mass is 16.5. The van der Waals surface area contributed by atoms with Gasteiger partial charge in [0.05, 0.1) is 7.11 Å². The number of nitrogens with zero attached hydrogens (tertiary/aromatic N) is 2. The van der Waals surface area contributed by atoms with E-state index in [1.165, 1.54) is 5.56 Å². The molecule has 0 aliphatic carbocycles. The zero-order valence-electron chi connectivity index (χ0n) is 19.8. The van der Waals surface area contributed by atoms with Crippen molar-refractivity contribution in [3.63, 3.8) is 0 Å². The first-order chi connectivity index (χ1) is 14.9. The summed E-state index contributed by atoms with van der Waals surface area (Å²) in [7, 11) is 3.90. The second-order valence-electron chi connectivity index (χ2n) is 9.18. The van der Waals surface area contributed by atoms with Gasteiger partial charge in [-0.05, 0) is 56.0 Å². The maximum Gasteiger partial charge on any atom is 0.222 e. The lowest BCUT2D eigenvalue weighted by atomic mass is 9.63. The highest BCUT2D eigenvalue weighted by Crippen LogP contribution is 2.44. The lowest BCUT2D eigenvalue weighted by molar-refractivity contribution is -0.131. The van der Waals surface area contributed by atoms with Crippen molar-refractivity contribution in [1.82, 2.24) is 9.80 Å². The van der Waals surface area contributed by atoms with E-state index >= 15 is 0 Å². The molecule has 1 aliphatic rings. The van der Waals surface area contributed by atoms with Gasteiger partial charge in [-0.15, -0.1) is 0 Å². The Bertz CT molecular complexity index is 836. The fourth-order valence-corrected chi connectivity index (χ4v) is 5.14. The lowest BCUT2D eigenvalue weighted by Crippen LogP contribution is -2.52. The van der Waals surface area contributed by atoms with Crippen LogP contribution in [0.3, 0.4) is 0 Å². The standard InChI is InChI=1S/C27H38N2O2/c1-6-26(30)29(20-23-12-14-25(31-5)15-13-23)17-16-27(24-10-8-7-9-11-24)18-22(3)28(4)19-21(27)2/h7-15,21-22H,6,16-20H2,1-5H3/t21-,22-,27+/m0/s1. The van der Waals surface area contributed by atoms with Crippen molar-refractivity contribution in [2.24, 2.45) is 5.92 Å². The zero-order chi connectivity index (χ0) is 22.4. The van der Waals surface area contributed by atoms with Crippen LogP contribution in [0.1, 0.15) is 51.2 Å². The van der Waals surface area contributed by atoms with E-state index in [0.29, 0.717) is 24.9 Å². The number of carbonyl (C=O) groups excluding carboxylic acids is 1. The number of amides is 1. The number of likely N-dealkylation sites (tertiary alicyclic amines) is 1. The van der Waals surface area contributed by atoms with E-state index in [2.05, 4.69) is 68.3 Å². The van der Waals surface area contributed by atoms with Crippen LogP contribution in [0, 0.1) is 5.92 Å². The fraction of sp³-hybridized carbons (Fsp3) is 0.519. The third-order valence-electron chi connectivity index (χ3n) is 7.28.